The maximum absolute atomic E-state index is 13.4. The molecule has 0 aliphatic carbocycles. The van der Waals surface area contributed by atoms with Crippen molar-refractivity contribution in [2.45, 2.75) is 19.8 Å². The summed E-state index contributed by atoms with van der Waals surface area (Å²) in [5, 5.41) is 13.3. The molecule has 1 aliphatic rings. The van der Waals surface area contributed by atoms with E-state index in [0.29, 0.717) is 24.2 Å². The van der Waals surface area contributed by atoms with Crippen molar-refractivity contribution in [3.8, 4) is 0 Å². The Kier molecular flexibility index (Phi) is 5.32. The number of nitro benzene ring substituents is 1. The maximum Gasteiger partial charge on any atom is 0.306 e. The molecule has 1 saturated heterocycles. The minimum atomic E-state index is -3.36. The van der Waals surface area contributed by atoms with Crippen molar-refractivity contribution < 1.29 is 22.5 Å². The molecule has 0 unspecified atom stereocenters. The Balaban J connectivity index is 1.83. The topological polar surface area (TPSA) is 110 Å². The van der Waals surface area contributed by atoms with Crippen molar-refractivity contribution in [3.05, 3.63) is 63.5 Å². The van der Waals surface area contributed by atoms with Crippen molar-refractivity contribution in [2.75, 3.05) is 21.9 Å². The molecule has 0 saturated carbocycles. The van der Waals surface area contributed by atoms with Crippen molar-refractivity contribution in [1.82, 2.24) is 0 Å². The van der Waals surface area contributed by atoms with Gasteiger partial charge in [-0.25, -0.2) is 8.42 Å². The Morgan fingerprint density at radius 1 is 1.21 bits per heavy atom. The van der Waals surface area contributed by atoms with Gasteiger partial charge in [0, 0.05) is 23.9 Å². The predicted molar refractivity (Wildman–Crippen MR) is 103 cm³/mol. The summed E-state index contributed by atoms with van der Waals surface area (Å²) in [4.78, 5) is 22.4. The van der Waals surface area contributed by atoms with Crippen LogP contribution in [0.4, 0.5) is 21.5 Å². The van der Waals surface area contributed by atoms with E-state index in [1.54, 1.807) is 19.1 Å². The monoisotopic (exact) mass is 407 g/mol. The zero-order valence-electron chi connectivity index (χ0n) is 15.0. The number of amides is 1. The van der Waals surface area contributed by atoms with Crippen LogP contribution in [0.5, 0.6) is 0 Å². The fraction of sp³-hybridized carbons (Fsp3) is 0.278. The minimum Gasteiger partial charge on any atom is -0.322 e. The fourth-order valence-corrected chi connectivity index (χ4v) is 4.77. The third kappa shape index (κ3) is 3.96. The fourth-order valence-electron chi connectivity index (χ4n) is 3.07. The number of carbonyl (C=O) groups is 1. The maximum atomic E-state index is 13.4. The summed E-state index contributed by atoms with van der Waals surface area (Å²) in [6, 6.07) is 7.67. The number of nitrogens with one attached hydrogen (secondary N) is 1. The van der Waals surface area contributed by atoms with Crippen LogP contribution < -0.4 is 9.62 Å². The van der Waals surface area contributed by atoms with Gasteiger partial charge in [-0.15, -0.1) is 0 Å². The summed E-state index contributed by atoms with van der Waals surface area (Å²) < 4.78 is 39.3. The first-order valence-corrected chi connectivity index (χ1v) is 10.2. The third-order valence-corrected chi connectivity index (χ3v) is 6.33. The van der Waals surface area contributed by atoms with Gasteiger partial charge >= 0.3 is 5.69 Å². The molecular weight excluding hydrogens is 389 g/mol. The zero-order valence-corrected chi connectivity index (χ0v) is 15.8. The average molecular weight is 407 g/mol. The molecule has 148 valence electrons. The first-order valence-electron chi connectivity index (χ1n) is 8.55. The van der Waals surface area contributed by atoms with Crippen LogP contribution >= 0.6 is 0 Å². The van der Waals surface area contributed by atoms with Gasteiger partial charge in [0.05, 0.1) is 16.4 Å². The molecule has 0 spiro atoms. The molecule has 3 rings (SSSR count). The number of benzene rings is 2. The number of anilines is 2. The summed E-state index contributed by atoms with van der Waals surface area (Å²) >= 11 is 0. The Hall–Kier alpha value is -3.01. The zero-order chi connectivity index (χ0) is 20.5. The van der Waals surface area contributed by atoms with Crippen LogP contribution in [0.25, 0.3) is 0 Å². The lowest BCUT2D eigenvalue weighted by Gasteiger charge is -2.29. The summed E-state index contributed by atoms with van der Waals surface area (Å²) in [7, 11) is -3.36. The smallest absolute Gasteiger partial charge is 0.306 e. The van der Waals surface area contributed by atoms with E-state index in [2.05, 4.69) is 5.32 Å². The van der Waals surface area contributed by atoms with Gasteiger partial charge in [-0.1, -0.05) is 0 Å². The van der Waals surface area contributed by atoms with Gasteiger partial charge in [0.25, 0.3) is 5.91 Å². The Morgan fingerprint density at radius 3 is 2.61 bits per heavy atom. The summed E-state index contributed by atoms with van der Waals surface area (Å²) in [5.41, 5.74) is 0.734. The second kappa shape index (κ2) is 7.55. The van der Waals surface area contributed by atoms with Crippen LogP contribution in [-0.4, -0.2) is 31.5 Å². The van der Waals surface area contributed by atoms with E-state index in [4.69, 9.17) is 0 Å². The highest BCUT2D eigenvalue weighted by atomic mass is 32.2. The molecule has 28 heavy (non-hydrogen) atoms. The number of rotatable bonds is 4. The molecule has 1 N–H and O–H groups in total. The standard InChI is InChI=1S/C18H18FN3O5S/c1-12-10-13(4-7-16(12)21-8-2-3-9-28(21,26)27)18(23)20-14-5-6-15(19)17(11-14)22(24)25/h4-7,10-11H,2-3,8-9H2,1H3,(H,20,23). The molecule has 2 aromatic carbocycles. The van der Waals surface area contributed by atoms with Crippen LogP contribution in [0, 0.1) is 22.9 Å². The minimum absolute atomic E-state index is 0.0819. The summed E-state index contributed by atoms with van der Waals surface area (Å²) in [5.74, 6) is -1.44. The molecule has 2 aromatic rings. The lowest BCUT2D eigenvalue weighted by molar-refractivity contribution is -0.387. The number of hydrogen-bond acceptors (Lipinski definition) is 5. The first-order chi connectivity index (χ1) is 13.2. The van der Waals surface area contributed by atoms with Crippen molar-refractivity contribution in [1.29, 1.82) is 0 Å². The predicted octanol–water partition coefficient (Wildman–Crippen LogP) is 3.22. The number of hydrogen-bond donors (Lipinski definition) is 1. The number of nitro groups is 1. The van der Waals surface area contributed by atoms with E-state index in [0.717, 1.165) is 18.6 Å². The van der Waals surface area contributed by atoms with E-state index in [9.17, 15) is 27.7 Å². The summed E-state index contributed by atoms with van der Waals surface area (Å²) in [6.45, 7) is 2.10. The second-order valence-corrected chi connectivity index (χ2v) is 8.49. The molecule has 0 aromatic heterocycles. The normalized spacial score (nSPS) is 15.9. The van der Waals surface area contributed by atoms with E-state index in [1.807, 2.05) is 0 Å². The lowest BCUT2D eigenvalue weighted by Crippen LogP contribution is -2.38. The second-order valence-electron chi connectivity index (χ2n) is 6.47. The van der Waals surface area contributed by atoms with Gasteiger partial charge in [0.2, 0.25) is 15.8 Å². The molecule has 8 nitrogen and oxygen atoms in total. The SMILES string of the molecule is Cc1cc(C(=O)Nc2ccc(F)c([N+](=O)[O-])c2)ccc1N1CCCCS1(=O)=O. The quantitative estimate of drug-likeness (QED) is 0.618. The van der Waals surface area contributed by atoms with Gasteiger partial charge < -0.3 is 5.32 Å². The van der Waals surface area contributed by atoms with E-state index < -0.39 is 32.4 Å². The van der Waals surface area contributed by atoms with Crippen LogP contribution in [0.15, 0.2) is 36.4 Å². The Bertz CT molecular complexity index is 1060. The average Bonchev–Trinajstić information content (AvgIpc) is 2.63. The van der Waals surface area contributed by atoms with Crippen LogP contribution in [0.3, 0.4) is 0 Å². The van der Waals surface area contributed by atoms with Crippen LogP contribution in [0.1, 0.15) is 28.8 Å². The van der Waals surface area contributed by atoms with Crippen molar-refractivity contribution >= 4 is 33.0 Å². The highest BCUT2D eigenvalue weighted by Gasteiger charge is 2.27. The number of aryl methyl sites for hydroxylation is 1. The first kappa shape index (κ1) is 19.7. The van der Waals surface area contributed by atoms with E-state index in [1.165, 1.54) is 16.4 Å². The molecule has 0 atom stereocenters. The molecule has 1 amide bonds. The van der Waals surface area contributed by atoms with Crippen LogP contribution in [-0.2, 0) is 10.0 Å². The van der Waals surface area contributed by atoms with Crippen molar-refractivity contribution in [2.24, 2.45) is 0 Å². The molecule has 1 heterocycles. The lowest BCUT2D eigenvalue weighted by atomic mass is 10.1. The number of halogens is 1. The molecule has 1 aliphatic heterocycles. The van der Waals surface area contributed by atoms with Gasteiger partial charge in [0.1, 0.15) is 0 Å². The number of sulfonamides is 1. The number of nitrogens with zero attached hydrogens (tertiary/aromatic N) is 2. The van der Waals surface area contributed by atoms with Gasteiger partial charge in [-0.2, -0.15) is 4.39 Å². The molecule has 10 heteroatoms. The largest absolute Gasteiger partial charge is 0.322 e. The molecule has 0 bridgehead atoms. The molecular formula is C18H18FN3O5S. The Labute approximate surface area is 161 Å². The third-order valence-electron chi connectivity index (χ3n) is 4.48. The van der Waals surface area contributed by atoms with Crippen LogP contribution in [0.2, 0.25) is 0 Å². The number of carbonyl (C=O) groups excluding carboxylic acids is 1. The summed E-state index contributed by atoms with van der Waals surface area (Å²) in [6.07, 6.45) is 1.40. The molecule has 0 radical (unpaired) electrons. The van der Waals surface area contributed by atoms with E-state index >= 15 is 0 Å². The highest BCUT2D eigenvalue weighted by molar-refractivity contribution is 7.92. The highest BCUT2D eigenvalue weighted by Crippen LogP contribution is 2.28. The van der Waals surface area contributed by atoms with E-state index in [-0.39, 0.29) is 17.0 Å². The Morgan fingerprint density at radius 2 is 1.96 bits per heavy atom. The van der Waals surface area contributed by atoms with Gasteiger partial charge in [-0.05, 0) is 55.7 Å². The van der Waals surface area contributed by atoms with Crippen molar-refractivity contribution in [3.63, 3.8) is 0 Å². The van der Waals surface area contributed by atoms with Gasteiger partial charge in [0.15, 0.2) is 0 Å². The van der Waals surface area contributed by atoms with Gasteiger partial charge in [-0.3, -0.25) is 19.2 Å². The molecule has 1 fully saturated rings.